The first-order valence-corrected chi connectivity index (χ1v) is 8.13. The molecule has 2 heteroatoms. The smallest absolute Gasteiger partial charge is 0.153 e. The molecule has 1 aliphatic rings. The summed E-state index contributed by atoms with van der Waals surface area (Å²) in [5.74, 6) is 1.76. The van der Waals surface area contributed by atoms with Gasteiger partial charge in [0.2, 0.25) is 0 Å². The molecule has 0 fully saturated rings. The molecule has 118 valence electrons. The van der Waals surface area contributed by atoms with Crippen molar-refractivity contribution in [3.05, 3.63) is 101 Å². The van der Waals surface area contributed by atoms with E-state index < -0.39 is 0 Å². The fourth-order valence-corrected chi connectivity index (χ4v) is 3.30. The highest BCUT2D eigenvalue weighted by Gasteiger charge is 2.24. The van der Waals surface area contributed by atoms with E-state index in [9.17, 15) is 0 Å². The molecule has 1 aliphatic heterocycles. The van der Waals surface area contributed by atoms with Gasteiger partial charge in [-0.3, -0.25) is 0 Å². The van der Waals surface area contributed by atoms with Gasteiger partial charge < -0.3 is 10.5 Å². The second-order valence-corrected chi connectivity index (χ2v) is 6.15. The Morgan fingerprint density at radius 3 is 2.04 bits per heavy atom. The molecule has 0 saturated heterocycles. The van der Waals surface area contributed by atoms with Gasteiger partial charge in [-0.25, -0.2) is 0 Å². The van der Waals surface area contributed by atoms with Crippen molar-refractivity contribution in [1.29, 1.82) is 0 Å². The topological polar surface area (TPSA) is 35.2 Å². The van der Waals surface area contributed by atoms with E-state index in [0.29, 0.717) is 5.69 Å². The first-order chi connectivity index (χ1) is 11.7. The van der Waals surface area contributed by atoms with Crippen LogP contribution in [0.4, 0.5) is 5.69 Å². The number of hydrogen-bond donors (Lipinski definition) is 1. The minimum atomic E-state index is 0.709. The number of nitrogen functional groups attached to an aromatic ring is 1. The molecule has 1 heterocycles. The van der Waals surface area contributed by atoms with E-state index in [1.165, 1.54) is 0 Å². The Kier molecular flexibility index (Phi) is 3.58. The van der Waals surface area contributed by atoms with Crippen molar-refractivity contribution in [3.8, 4) is 5.75 Å². The summed E-state index contributed by atoms with van der Waals surface area (Å²) in [5.41, 5.74) is 12.6. The van der Waals surface area contributed by atoms with Gasteiger partial charge in [0.25, 0.3) is 0 Å². The standard InChI is InChI=1S/C22H19NO/c1-15-12-18-14-20(24-22(18)19(23)13-15)21(16-8-4-2-5-9-16)17-10-6-3-7-11-17/h2-13H,14,23H2,1H3. The normalized spacial score (nSPS) is 12.6. The monoisotopic (exact) mass is 313 g/mol. The Morgan fingerprint density at radius 2 is 1.46 bits per heavy atom. The zero-order chi connectivity index (χ0) is 16.5. The lowest BCUT2D eigenvalue weighted by Crippen LogP contribution is -1.99. The second kappa shape index (κ2) is 5.89. The van der Waals surface area contributed by atoms with E-state index >= 15 is 0 Å². The van der Waals surface area contributed by atoms with Crippen LogP contribution in [-0.2, 0) is 6.42 Å². The van der Waals surface area contributed by atoms with Gasteiger partial charge in [0, 0.05) is 17.6 Å². The van der Waals surface area contributed by atoms with Gasteiger partial charge in [0.05, 0.1) is 5.69 Å². The number of fused-ring (bicyclic) bond motifs is 1. The number of nitrogens with two attached hydrogens (primary N) is 1. The van der Waals surface area contributed by atoms with Crippen LogP contribution in [0, 0.1) is 6.92 Å². The maximum absolute atomic E-state index is 6.22. The van der Waals surface area contributed by atoms with Crippen molar-refractivity contribution in [2.45, 2.75) is 13.3 Å². The summed E-state index contributed by atoms with van der Waals surface area (Å²) in [4.78, 5) is 0. The van der Waals surface area contributed by atoms with E-state index in [1.807, 2.05) is 18.2 Å². The second-order valence-electron chi connectivity index (χ2n) is 6.15. The van der Waals surface area contributed by atoms with Crippen molar-refractivity contribution in [2.24, 2.45) is 0 Å². The highest BCUT2D eigenvalue weighted by molar-refractivity contribution is 5.83. The number of anilines is 1. The first kappa shape index (κ1) is 14.6. The Labute approximate surface area is 142 Å². The van der Waals surface area contributed by atoms with Crippen LogP contribution in [0.2, 0.25) is 0 Å². The lowest BCUT2D eigenvalue weighted by Gasteiger charge is -2.12. The van der Waals surface area contributed by atoms with Crippen molar-refractivity contribution < 1.29 is 4.74 Å². The predicted molar refractivity (Wildman–Crippen MR) is 98.8 cm³/mol. The van der Waals surface area contributed by atoms with Crippen LogP contribution in [0.3, 0.4) is 0 Å². The van der Waals surface area contributed by atoms with E-state index in [2.05, 4.69) is 61.5 Å². The molecule has 0 unspecified atom stereocenters. The minimum absolute atomic E-state index is 0.709. The number of ether oxygens (including phenoxy) is 1. The number of benzene rings is 3. The molecule has 24 heavy (non-hydrogen) atoms. The van der Waals surface area contributed by atoms with E-state index in [1.54, 1.807) is 0 Å². The van der Waals surface area contributed by atoms with Gasteiger partial charge in [-0.1, -0.05) is 66.7 Å². The van der Waals surface area contributed by atoms with Crippen LogP contribution in [0.15, 0.2) is 78.6 Å². The molecule has 0 aliphatic carbocycles. The van der Waals surface area contributed by atoms with Gasteiger partial charge >= 0.3 is 0 Å². The molecule has 3 aromatic rings. The summed E-state index contributed by atoms with van der Waals surface area (Å²) in [5, 5.41) is 0. The van der Waals surface area contributed by atoms with Gasteiger partial charge in [0.1, 0.15) is 5.76 Å². The Balaban J connectivity index is 1.89. The van der Waals surface area contributed by atoms with Crippen molar-refractivity contribution in [1.82, 2.24) is 0 Å². The zero-order valence-corrected chi connectivity index (χ0v) is 13.6. The lowest BCUT2D eigenvalue weighted by atomic mass is 9.95. The SMILES string of the molecule is Cc1cc(N)c2c(c1)CC(=C(c1ccccc1)c1ccccc1)O2. The molecular weight excluding hydrogens is 294 g/mol. The number of aryl methyl sites for hydroxylation is 1. The van der Waals surface area contributed by atoms with Crippen LogP contribution in [0.1, 0.15) is 22.3 Å². The fourth-order valence-electron chi connectivity index (χ4n) is 3.30. The van der Waals surface area contributed by atoms with E-state index in [0.717, 1.165) is 45.8 Å². The summed E-state index contributed by atoms with van der Waals surface area (Å²) < 4.78 is 6.22. The molecule has 2 N–H and O–H groups in total. The van der Waals surface area contributed by atoms with Crippen LogP contribution < -0.4 is 10.5 Å². The third-order valence-electron chi connectivity index (χ3n) is 4.32. The number of allylic oxidation sites excluding steroid dienone is 1. The average molecular weight is 313 g/mol. The van der Waals surface area contributed by atoms with Crippen LogP contribution in [0.25, 0.3) is 5.57 Å². The number of rotatable bonds is 2. The van der Waals surface area contributed by atoms with Gasteiger partial charge in [0.15, 0.2) is 5.75 Å². The molecule has 4 rings (SSSR count). The molecular formula is C22H19NO. The summed E-state index contributed by atoms with van der Waals surface area (Å²) in [6.45, 7) is 2.06. The van der Waals surface area contributed by atoms with Gasteiger partial charge in [-0.05, 0) is 29.7 Å². The average Bonchev–Trinajstić information content (AvgIpc) is 3.01. The molecule has 0 saturated carbocycles. The van der Waals surface area contributed by atoms with Gasteiger partial charge in [-0.2, -0.15) is 0 Å². The highest BCUT2D eigenvalue weighted by atomic mass is 16.5. The molecule has 0 atom stereocenters. The third-order valence-corrected chi connectivity index (χ3v) is 4.32. The molecule has 2 nitrogen and oxygen atoms in total. The maximum Gasteiger partial charge on any atom is 0.153 e. The molecule has 0 bridgehead atoms. The Bertz CT molecular complexity index is 870. The minimum Gasteiger partial charge on any atom is -0.458 e. The summed E-state index contributed by atoms with van der Waals surface area (Å²) in [6, 6.07) is 24.9. The van der Waals surface area contributed by atoms with Crippen LogP contribution in [-0.4, -0.2) is 0 Å². The molecule has 0 amide bonds. The lowest BCUT2D eigenvalue weighted by molar-refractivity contribution is 0.451. The van der Waals surface area contributed by atoms with E-state index in [4.69, 9.17) is 10.5 Å². The van der Waals surface area contributed by atoms with Gasteiger partial charge in [-0.15, -0.1) is 0 Å². The zero-order valence-electron chi connectivity index (χ0n) is 13.6. The van der Waals surface area contributed by atoms with Crippen LogP contribution in [0.5, 0.6) is 5.75 Å². The van der Waals surface area contributed by atoms with Crippen LogP contribution >= 0.6 is 0 Å². The third kappa shape index (κ3) is 2.56. The quantitative estimate of drug-likeness (QED) is 0.678. The molecule has 0 spiro atoms. The summed E-state index contributed by atoms with van der Waals surface area (Å²) in [7, 11) is 0. The predicted octanol–water partition coefficient (Wildman–Crippen LogP) is 4.97. The van der Waals surface area contributed by atoms with Crippen molar-refractivity contribution in [2.75, 3.05) is 5.73 Å². The highest BCUT2D eigenvalue weighted by Crippen LogP contribution is 2.41. The summed E-state index contributed by atoms with van der Waals surface area (Å²) >= 11 is 0. The first-order valence-electron chi connectivity index (χ1n) is 8.13. The van der Waals surface area contributed by atoms with Crippen molar-refractivity contribution >= 4 is 11.3 Å². The largest absolute Gasteiger partial charge is 0.458 e. The Hall–Kier alpha value is -3.00. The van der Waals surface area contributed by atoms with E-state index in [-0.39, 0.29) is 0 Å². The van der Waals surface area contributed by atoms with Crippen molar-refractivity contribution in [3.63, 3.8) is 0 Å². The number of hydrogen-bond acceptors (Lipinski definition) is 2. The Morgan fingerprint density at radius 1 is 0.875 bits per heavy atom. The maximum atomic E-state index is 6.22. The summed E-state index contributed by atoms with van der Waals surface area (Å²) in [6.07, 6.45) is 0.764. The fraction of sp³-hybridized carbons (Fsp3) is 0.0909. The molecule has 0 aromatic heterocycles. The molecule has 3 aromatic carbocycles. The molecule has 0 radical (unpaired) electrons.